The number of rotatable bonds is 4. The average Bonchev–Trinajstić information content (AvgIpc) is 3.00. The first kappa shape index (κ1) is 14.4. The third-order valence-corrected chi connectivity index (χ3v) is 3.88. The van der Waals surface area contributed by atoms with Crippen molar-refractivity contribution in [2.24, 2.45) is 5.92 Å². The second kappa shape index (κ2) is 6.96. The number of furan rings is 1. The summed E-state index contributed by atoms with van der Waals surface area (Å²) in [5.74, 6) is 0.0378. The van der Waals surface area contributed by atoms with Crippen LogP contribution in [0.3, 0.4) is 0 Å². The van der Waals surface area contributed by atoms with Crippen LogP contribution in [0, 0.1) is 17.2 Å². The molecule has 0 unspecified atom stereocenters. The van der Waals surface area contributed by atoms with Gasteiger partial charge in [-0.3, -0.25) is 9.59 Å². The van der Waals surface area contributed by atoms with Gasteiger partial charge in [-0.05, 0) is 24.3 Å². The Balaban J connectivity index is 2.01. The van der Waals surface area contributed by atoms with Gasteiger partial charge in [-0.25, -0.2) is 0 Å². The minimum Gasteiger partial charge on any atom is -0.465 e. The van der Waals surface area contributed by atoms with E-state index in [2.05, 4.69) is 0 Å². The second-order valence-electron chi connectivity index (χ2n) is 4.25. The molecule has 104 valence electrons. The third kappa shape index (κ3) is 3.52. The van der Waals surface area contributed by atoms with Gasteiger partial charge in [-0.2, -0.15) is 17.0 Å². The fourth-order valence-corrected chi connectivity index (χ4v) is 2.76. The van der Waals surface area contributed by atoms with E-state index in [-0.39, 0.29) is 0 Å². The molecule has 1 fully saturated rings. The largest absolute Gasteiger partial charge is 0.465 e. The fourth-order valence-electron chi connectivity index (χ4n) is 1.85. The normalized spacial score (nSPS) is 16.9. The van der Waals surface area contributed by atoms with E-state index >= 15 is 0 Å². The molecule has 0 spiro atoms. The summed E-state index contributed by atoms with van der Waals surface area (Å²) in [6.45, 7) is 1.19. The molecule has 1 saturated heterocycles. The number of hydrogen-bond acceptors (Lipinski definition) is 5. The highest BCUT2D eigenvalue weighted by Crippen LogP contribution is 2.14. The monoisotopic (exact) mass is 290 g/mol. The van der Waals surface area contributed by atoms with Gasteiger partial charge in [0.1, 0.15) is 5.76 Å². The number of ketones is 1. The molecule has 20 heavy (non-hydrogen) atoms. The topological polar surface area (TPSA) is 74.3 Å². The molecule has 0 saturated carbocycles. The van der Waals surface area contributed by atoms with Crippen LogP contribution in [0.4, 0.5) is 0 Å². The molecule has 1 aliphatic rings. The Kier molecular flexibility index (Phi) is 5.02. The Morgan fingerprint density at radius 1 is 1.45 bits per heavy atom. The van der Waals surface area contributed by atoms with Crippen LogP contribution in [-0.4, -0.2) is 41.2 Å². The lowest BCUT2D eigenvalue weighted by Gasteiger charge is -2.27. The predicted molar refractivity (Wildman–Crippen MR) is 75.8 cm³/mol. The van der Waals surface area contributed by atoms with Gasteiger partial charge >= 0.3 is 0 Å². The zero-order valence-corrected chi connectivity index (χ0v) is 11.6. The minimum absolute atomic E-state index is 0.401. The molecule has 1 aliphatic heterocycles. The van der Waals surface area contributed by atoms with E-state index in [0.717, 1.165) is 11.5 Å². The number of allylic oxidation sites excluding steroid dienone is 1. The van der Waals surface area contributed by atoms with Crippen molar-refractivity contribution in [3.63, 3.8) is 0 Å². The van der Waals surface area contributed by atoms with Gasteiger partial charge < -0.3 is 9.32 Å². The van der Waals surface area contributed by atoms with Crippen LogP contribution >= 0.6 is 11.8 Å². The molecule has 5 nitrogen and oxygen atoms in total. The molecular weight excluding hydrogens is 276 g/mol. The minimum atomic E-state index is -1.26. The zero-order valence-electron chi connectivity index (χ0n) is 10.8. The summed E-state index contributed by atoms with van der Waals surface area (Å²) in [5.41, 5.74) is 0. The summed E-state index contributed by atoms with van der Waals surface area (Å²) in [6.07, 6.45) is 4.18. The van der Waals surface area contributed by atoms with Crippen molar-refractivity contribution in [3.8, 4) is 6.07 Å². The van der Waals surface area contributed by atoms with E-state index in [1.807, 2.05) is 0 Å². The first-order chi connectivity index (χ1) is 9.72. The summed E-state index contributed by atoms with van der Waals surface area (Å²) in [7, 11) is 0. The lowest BCUT2D eigenvalue weighted by atomic mass is 10.0. The van der Waals surface area contributed by atoms with Gasteiger partial charge in [0.2, 0.25) is 5.91 Å². The van der Waals surface area contributed by atoms with Crippen LogP contribution < -0.4 is 0 Å². The predicted octanol–water partition coefficient (Wildman–Crippen LogP) is 1.58. The quantitative estimate of drug-likeness (QED) is 0.621. The van der Waals surface area contributed by atoms with Crippen LogP contribution in [0.15, 0.2) is 28.9 Å². The SMILES string of the molecule is N#C[C@@H](C(=O)/C=C/c1ccco1)C(=O)N1CCSCC1. The van der Waals surface area contributed by atoms with Gasteiger partial charge in [-0.1, -0.05) is 0 Å². The number of carbonyl (C=O) groups is 2. The summed E-state index contributed by atoms with van der Waals surface area (Å²) in [6, 6.07) is 5.19. The van der Waals surface area contributed by atoms with Crippen LogP contribution in [0.1, 0.15) is 5.76 Å². The zero-order chi connectivity index (χ0) is 14.4. The molecule has 0 aromatic carbocycles. The Hall–Kier alpha value is -2.00. The van der Waals surface area contributed by atoms with Gasteiger partial charge in [0.05, 0.1) is 12.3 Å². The maximum atomic E-state index is 12.1. The number of nitriles is 1. The highest BCUT2D eigenvalue weighted by Gasteiger charge is 2.29. The highest BCUT2D eigenvalue weighted by atomic mass is 32.2. The average molecular weight is 290 g/mol. The standard InChI is InChI=1S/C14H14N2O3S/c15-10-12(14(18)16-5-8-20-9-6-16)13(17)4-3-11-2-1-7-19-11/h1-4,7,12H,5-6,8-9H2/b4-3+/t12-/m0/s1. The van der Waals surface area contributed by atoms with Crippen molar-refractivity contribution < 1.29 is 14.0 Å². The maximum absolute atomic E-state index is 12.1. The van der Waals surface area contributed by atoms with Crippen molar-refractivity contribution >= 4 is 29.5 Å². The van der Waals surface area contributed by atoms with Crippen molar-refractivity contribution in [2.75, 3.05) is 24.6 Å². The first-order valence-corrected chi connectivity index (χ1v) is 7.39. The Morgan fingerprint density at radius 3 is 2.80 bits per heavy atom. The summed E-state index contributed by atoms with van der Waals surface area (Å²) < 4.78 is 5.05. The highest BCUT2D eigenvalue weighted by molar-refractivity contribution is 7.99. The van der Waals surface area contributed by atoms with E-state index in [4.69, 9.17) is 9.68 Å². The van der Waals surface area contributed by atoms with Gasteiger partial charge in [0, 0.05) is 24.6 Å². The van der Waals surface area contributed by atoms with Gasteiger partial charge in [-0.15, -0.1) is 0 Å². The molecule has 1 aromatic heterocycles. The molecule has 1 amide bonds. The molecule has 0 aliphatic carbocycles. The number of hydrogen-bond donors (Lipinski definition) is 0. The molecule has 0 bridgehead atoms. The Bertz CT molecular complexity index is 539. The molecule has 2 rings (SSSR count). The smallest absolute Gasteiger partial charge is 0.247 e. The van der Waals surface area contributed by atoms with Crippen molar-refractivity contribution in [2.45, 2.75) is 0 Å². The molecule has 1 atom stereocenters. The van der Waals surface area contributed by atoms with E-state index in [1.54, 1.807) is 34.9 Å². The lowest BCUT2D eigenvalue weighted by Crippen LogP contribution is -2.43. The summed E-state index contributed by atoms with van der Waals surface area (Å²) in [5, 5.41) is 9.07. The summed E-state index contributed by atoms with van der Waals surface area (Å²) >= 11 is 1.76. The molecule has 0 N–H and O–H groups in total. The molecular formula is C14H14N2O3S. The maximum Gasteiger partial charge on any atom is 0.247 e. The number of thioether (sulfide) groups is 1. The van der Waals surface area contributed by atoms with E-state index in [0.29, 0.717) is 18.8 Å². The molecule has 1 aromatic rings. The van der Waals surface area contributed by atoms with E-state index < -0.39 is 17.6 Å². The molecule has 0 radical (unpaired) electrons. The van der Waals surface area contributed by atoms with E-state index in [1.165, 1.54) is 18.4 Å². The molecule has 6 heteroatoms. The van der Waals surface area contributed by atoms with Crippen LogP contribution in [0.25, 0.3) is 6.08 Å². The Labute approximate surface area is 121 Å². The number of carbonyl (C=O) groups excluding carboxylic acids is 2. The number of amides is 1. The lowest BCUT2D eigenvalue weighted by molar-refractivity contribution is -0.137. The number of nitrogens with zero attached hydrogens (tertiary/aromatic N) is 2. The van der Waals surface area contributed by atoms with Crippen molar-refractivity contribution in [1.82, 2.24) is 4.90 Å². The fraction of sp³-hybridized carbons (Fsp3) is 0.357. The van der Waals surface area contributed by atoms with Gasteiger partial charge in [0.25, 0.3) is 0 Å². The van der Waals surface area contributed by atoms with Crippen molar-refractivity contribution in [1.29, 1.82) is 5.26 Å². The summed E-state index contributed by atoms with van der Waals surface area (Å²) in [4.78, 5) is 25.7. The third-order valence-electron chi connectivity index (χ3n) is 2.94. The second-order valence-corrected chi connectivity index (χ2v) is 5.48. The van der Waals surface area contributed by atoms with Gasteiger partial charge in [0.15, 0.2) is 11.7 Å². The van der Waals surface area contributed by atoms with Crippen molar-refractivity contribution in [3.05, 3.63) is 30.2 Å². The first-order valence-electron chi connectivity index (χ1n) is 6.24. The van der Waals surface area contributed by atoms with Crippen LogP contribution in [0.2, 0.25) is 0 Å². The van der Waals surface area contributed by atoms with Crippen LogP contribution in [0.5, 0.6) is 0 Å². The van der Waals surface area contributed by atoms with Crippen LogP contribution in [-0.2, 0) is 9.59 Å². The van der Waals surface area contributed by atoms with E-state index in [9.17, 15) is 9.59 Å². The Morgan fingerprint density at radius 2 is 2.20 bits per heavy atom. The molecule has 2 heterocycles.